The normalized spacial score (nSPS) is 10.9. The van der Waals surface area contributed by atoms with Gasteiger partial charge in [-0.25, -0.2) is 9.37 Å². The molecule has 3 rings (SSSR count). The van der Waals surface area contributed by atoms with Crippen molar-refractivity contribution in [1.82, 2.24) is 4.98 Å². The minimum absolute atomic E-state index is 0.110. The maximum atomic E-state index is 13.3. The van der Waals surface area contributed by atoms with Gasteiger partial charge in [0.25, 0.3) is 0 Å². The molecule has 0 fully saturated rings. The van der Waals surface area contributed by atoms with E-state index in [-0.39, 0.29) is 5.02 Å². The summed E-state index contributed by atoms with van der Waals surface area (Å²) in [6, 6.07) is 10.5. The van der Waals surface area contributed by atoms with Crippen LogP contribution in [0.15, 0.2) is 40.9 Å². The highest BCUT2D eigenvalue weighted by molar-refractivity contribution is 9.10. The third-order valence-electron chi connectivity index (χ3n) is 2.52. The molecule has 2 aromatic carbocycles. The lowest BCUT2D eigenvalue weighted by atomic mass is 10.3. The number of hydrogen-bond acceptors (Lipinski definition) is 3. The minimum Gasteiger partial charge on any atom is -0.331 e. The van der Waals surface area contributed by atoms with Gasteiger partial charge in [-0.1, -0.05) is 38.9 Å². The van der Waals surface area contributed by atoms with Crippen molar-refractivity contribution in [3.8, 4) is 0 Å². The molecule has 1 heterocycles. The van der Waals surface area contributed by atoms with Crippen LogP contribution in [0.25, 0.3) is 10.2 Å². The Morgan fingerprint density at radius 2 is 2.05 bits per heavy atom. The summed E-state index contributed by atoms with van der Waals surface area (Å²) in [6.07, 6.45) is 0. The monoisotopic (exact) mass is 356 g/mol. The highest BCUT2D eigenvalue weighted by Crippen LogP contribution is 2.31. The largest absolute Gasteiger partial charge is 0.331 e. The molecule has 3 aromatic rings. The van der Waals surface area contributed by atoms with E-state index in [2.05, 4.69) is 26.2 Å². The first-order valence-corrected chi connectivity index (χ1v) is 7.39. The van der Waals surface area contributed by atoms with Gasteiger partial charge in [-0.15, -0.1) is 0 Å². The fraction of sp³-hybridized carbons (Fsp3) is 0. The lowest BCUT2D eigenvalue weighted by Crippen LogP contribution is -1.90. The van der Waals surface area contributed by atoms with Gasteiger partial charge in [-0.2, -0.15) is 0 Å². The van der Waals surface area contributed by atoms with Gasteiger partial charge in [0, 0.05) is 10.2 Å². The number of nitrogens with zero attached hydrogens (tertiary/aromatic N) is 1. The van der Waals surface area contributed by atoms with Crippen molar-refractivity contribution in [2.24, 2.45) is 0 Å². The highest BCUT2D eigenvalue weighted by atomic mass is 79.9. The van der Waals surface area contributed by atoms with Crippen LogP contribution in [-0.4, -0.2) is 4.98 Å². The van der Waals surface area contributed by atoms with E-state index in [1.54, 1.807) is 6.07 Å². The lowest BCUT2D eigenvalue weighted by Gasteiger charge is -2.02. The van der Waals surface area contributed by atoms with Crippen LogP contribution >= 0.6 is 38.9 Å². The van der Waals surface area contributed by atoms with E-state index in [1.165, 1.54) is 23.5 Å². The van der Waals surface area contributed by atoms with Gasteiger partial charge < -0.3 is 5.32 Å². The first kappa shape index (κ1) is 12.8. The molecule has 19 heavy (non-hydrogen) atoms. The van der Waals surface area contributed by atoms with Gasteiger partial charge in [0.05, 0.1) is 15.2 Å². The summed E-state index contributed by atoms with van der Waals surface area (Å²) in [7, 11) is 0. The van der Waals surface area contributed by atoms with Crippen LogP contribution in [0.4, 0.5) is 15.2 Å². The van der Waals surface area contributed by atoms with Crippen molar-refractivity contribution >= 4 is 59.9 Å². The van der Waals surface area contributed by atoms with Crippen LogP contribution in [0.5, 0.6) is 0 Å². The van der Waals surface area contributed by atoms with E-state index in [4.69, 9.17) is 11.6 Å². The standard InChI is InChI=1S/C13H7BrClFN2S/c14-7-1-4-11-12(5-7)19-13(18-11)17-8-2-3-9(15)10(16)6-8/h1-6H,(H,17,18). The Hall–Kier alpha value is -1.17. The Balaban J connectivity index is 1.94. The van der Waals surface area contributed by atoms with Gasteiger partial charge in [-0.05, 0) is 36.4 Å². The number of anilines is 2. The molecule has 0 atom stereocenters. The molecule has 0 unspecified atom stereocenters. The van der Waals surface area contributed by atoms with Gasteiger partial charge in [0.15, 0.2) is 5.13 Å². The maximum Gasteiger partial charge on any atom is 0.188 e. The molecule has 1 N–H and O–H groups in total. The summed E-state index contributed by atoms with van der Waals surface area (Å²) in [5, 5.41) is 3.90. The zero-order valence-electron chi connectivity index (χ0n) is 9.45. The number of rotatable bonds is 2. The van der Waals surface area contributed by atoms with Crippen LogP contribution in [-0.2, 0) is 0 Å². The summed E-state index contributed by atoms with van der Waals surface area (Å²) in [4.78, 5) is 4.43. The molecule has 0 aliphatic carbocycles. The summed E-state index contributed by atoms with van der Waals surface area (Å²) < 4.78 is 15.4. The molecule has 6 heteroatoms. The smallest absolute Gasteiger partial charge is 0.188 e. The minimum atomic E-state index is -0.449. The Morgan fingerprint density at radius 1 is 1.21 bits per heavy atom. The molecule has 0 aliphatic rings. The topological polar surface area (TPSA) is 24.9 Å². The van der Waals surface area contributed by atoms with Gasteiger partial charge in [0.1, 0.15) is 5.82 Å². The van der Waals surface area contributed by atoms with Crippen LogP contribution in [0.1, 0.15) is 0 Å². The summed E-state index contributed by atoms with van der Waals surface area (Å²) in [5.41, 5.74) is 1.53. The summed E-state index contributed by atoms with van der Waals surface area (Å²) in [6.45, 7) is 0. The van der Waals surface area contributed by atoms with Crippen molar-refractivity contribution in [3.63, 3.8) is 0 Å². The predicted octanol–water partition coefficient (Wildman–Crippen LogP) is 5.59. The maximum absolute atomic E-state index is 13.3. The number of halogens is 3. The van der Waals surface area contributed by atoms with E-state index < -0.39 is 5.82 Å². The number of nitrogens with one attached hydrogen (secondary N) is 1. The van der Waals surface area contributed by atoms with E-state index in [9.17, 15) is 4.39 Å². The highest BCUT2D eigenvalue weighted by Gasteiger charge is 2.06. The number of benzene rings is 2. The SMILES string of the molecule is Fc1cc(Nc2nc3ccc(Br)cc3s2)ccc1Cl. The molecule has 0 amide bonds. The average molecular weight is 358 g/mol. The van der Waals surface area contributed by atoms with Gasteiger partial charge in [-0.3, -0.25) is 0 Å². The van der Waals surface area contributed by atoms with Crippen molar-refractivity contribution in [1.29, 1.82) is 0 Å². The predicted molar refractivity (Wildman–Crippen MR) is 82.0 cm³/mol. The van der Waals surface area contributed by atoms with Crippen LogP contribution in [0, 0.1) is 5.82 Å². The van der Waals surface area contributed by atoms with Crippen LogP contribution in [0.2, 0.25) is 5.02 Å². The third-order valence-corrected chi connectivity index (χ3v) is 4.25. The molecule has 0 spiro atoms. The second-order valence-electron chi connectivity index (χ2n) is 3.88. The first-order chi connectivity index (χ1) is 9.11. The molecule has 0 aliphatic heterocycles. The Bertz CT molecular complexity index is 759. The molecule has 0 bridgehead atoms. The molecule has 0 saturated heterocycles. The third kappa shape index (κ3) is 2.73. The lowest BCUT2D eigenvalue weighted by molar-refractivity contribution is 0.629. The summed E-state index contributed by atoms with van der Waals surface area (Å²) in [5.74, 6) is -0.449. The number of aromatic nitrogens is 1. The van der Waals surface area contributed by atoms with Gasteiger partial charge >= 0.3 is 0 Å². The number of thiazole rings is 1. The van der Waals surface area contributed by atoms with Crippen LogP contribution in [0.3, 0.4) is 0 Å². The average Bonchev–Trinajstić information content (AvgIpc) is 2.75. The van der Waals surface area contributed by atoms with Crippen molar-refractivity contribution in [3.05, 3.63) is 51.7 Å². The quantitative estimate of drug-likeness (QED) is 0.646. The molecule has 96 valence electrons. The number of fused-ring (bicyclic) bond motifs is 1. The Kier molecular flexibility index (Phi) is 3.43. The molecular formula is C13H7BrClFN2S. The van der Waals surface area contributed by atoms with Crippen LogP contribution < -0.4 is 5.32 Å². The Labute approximate surface area is 126 Å². The second kappa shape index (κ2) is 5.07. The molecule has 1 aromatic heterocycles. The number of hydrogen-bond donors (Lipinski definition) is 1. The molecular weight excluding hydrogens is 351 g/mol. The molecule has 2 nitrogen and oxygen atoms in total. The molecule has 0 saturated carbocycles. The zero-order chi connectivity index (χ0) is 13.4. The second-order valence-corrected chi connectivity index (χ2v) is 6.24. The fourth-order valence-electron chi connectivity index (χ4n) is 1.65. The Morgan fingerprint density at radius 3 is 2.84 bits per heavy atom. The van der Waals surface area contributed by atoms with E-state index in [0.29, 0.717) is 5.69 Å². The van der Waals surface area contributed by atoms with Crippen molar-refractivity contribution in [2.45, 2.75) is 0 Å². The van der Waals surface area contributed by atoms with E-state index in [1.807, 2.05) is 18.2 Å². The van der Waals surface area contributed by atoms with E-state index in [0.717, 1.165) is 19.8 Å². The van der Waals surface area contributed by atoms with Crippen molar-refractivity contribution < 1.29 is 4.39 Å². The first-order valence-electron chi connectivity index (χ1n) is 5.40. The summed E-state index contributed by atoms with van der Waals surface area (Å²) >= 11 is 10.6. The van der Waals surface area contributed by atoms with Gasteiger partial charge in [0.2, 0.25) is 0 Å². The van der Waals surface area contributed by atoms with Crippen molar-refractivity contribution in [2.75, 3.05) is 5.32 Å². The van der Waals surface area contributed by atoms with E-state index >= 15 is 0 Å². The zero-order valence-corrected chi connectivity index (χ0v) is 12.6. The molecule has 0 radical (unpaired) electrons. The fourth-order valence-corrected chi connectivity index (χ4v) is 3.20.